The molecule has 2 fully saturated rings. The van der Waals surface area contributed by atoms with Crippen LogP contribution in [0.2, 0.25) is 0 Å². The zero-order valence-electron chi connectivity index (χ0n) is 43.5. The van der Waals surface area contributed by atoms with E-state index in [-0.39, 0.29) is 24.3 Å². The zero-order chi connectivity index (χ0) is 53.4. The standard InChI is InChI=1S/C58H80N2O14S/c1-3-5-7-9-11-13-21-27-69-43-29-41(31-45(33-43)71-37-39-23-17-15-18-24-39)55(67)59-49-51(63)47(35-61)73-57(53(49)65)75-58-54(66)50(52(64)48(36-62)74-58)60-56(68)42-30-44(70-28-22-14-12-10-8-6-4-2)34-46(32-42)72-38-40-25-19-16-20-26-40/h15-20,23-26,29-34,47-54,57-58,61-66H,3-14,21-22,27-28,35-38H2,1-2H3,(H,59,67)(H,60,68)/t47-,48-,49+,50+,51+,52+,53-,54-,57+,58+/m1/s1. The van der Waals surface area contributed by atoms with Crippen molar-refractivity contribution in [2.45, 2.75) is 177 Å². The van der Waals surface area contributed by atoms with E-state index in [1.807, 2.05) is 60.7 Å². The Hall–Kier alpha value is -4.95. The minimum absolute atomic E-state index is 0.121. The van der Waals surface area contributed by atoms with E-state index in [4.69, 9.17) is 28.4 Å². The van der Waals surface area contributed by atoms with E-state index in [0.29, 0.717) is 36.2 Å². The monoisotopic (exact) mass is 1060 g/mol. The average molecular weight is 1060 g/mol. The summed E-state index contributed by atoms with van der Waals surface area (Å²) in [6.45, 7) is 4.24. The van der Waals surface area contributed by atoms with Gasteiger partial charge in [-0.1, -0.05) is 163 Å². The van der Waals surface area contributed by atoms with Crippen LogP contribution in [0.1, 0.15) is 136 Å². The van der Waals surface area contributed by atoms with Gasteiger partial charge in [0.2, 0.25) is 0 Å². The Bertz CT molecular complexity index is 2120. The number of hydrogen-bond acceptors (Lipinski definition) is 15. The second kappa shape index (κ2) is 31.9. The molecule has 4 aromatic carbocycles. The highest BCUT2D eigenvalue weighted by Crippen LogP contribution is 2.37. The number of carbonyl (C=O) groups excluding carboxylic acids is 2. The number of hydrogen-bond donors (Lipinski definition) is 8. The molecule has 0 aliphatic carbocycles. The van der Waals surface area contributed by atoms with E-state index in [9.17, 15) is 40.2 Å². The van der Waals surface area contributed by atoms with Gasteiger partial charge in [0, 0.05) is 23.3 Å². The van der Waals surface area contributed by atoms with E-state index in [2.05, 4.69) is 24.5 Å². The molecule has 2 aliphatic rings. The smallest absolute Gasteiger partial charge is 0.251 e. The van der Waals surface area contributed by atoms with Gasteiger partial charge in [-0.2, -0.15) is 0 Å². The lowest BCUT2D eigenvalue weighted by Crippen LogP contribution is -2.66. The van der Waals surface area contributed by atoms with Gasteiger partial charge < -0.3 is 69.7 Å². The fourth-order valence-corrected chi connectivity index (χ4v) is 10.4. The molecule has 10 atom stereocenters. The molecule has 16 nitrogen and oxygen atoms in total. The van der Waals surface area contributed by atoms with E-state index in [1.165, 1.54) is 63.5 Å². The third-order valence-corrected chi connectivity index (χ3v) is 14.8. The molecular weight excluding hydrogens is 981 g/mol. The molecule has 17 heteroatoms. The molecule has 0 bridgehead atoms. The van der Waals surface area contributed by atoms with Crippen molar-refractivity contribution in [3.63, 3.8) is 0 Å². The Kier molecular flexibility index (Phi) is 25.3. The van der Waals surface area contributed by atoms with Crippen LogP contribution in [0.25, 0.3) is 0 Å². The second-order valence-electron chi connectivity index (χ2n) is 19.4. The van der Waals surface area contributed by atoms with Crippen LogP contribution in [0.3, 0.4) is 0 Å². The topological polar surface area (TPSA) is 235 Å². The summed E-state index contributed by atoms with van der Waals surface area (Å²) in [6, 6.07) is 25.8. The molecule has 2 saturated heterocycles. The first-order chi connectivity index (χ1) is 36.5. The summed E-state index contributed by atoms with van der Waals surface area (Å²) in [5.74, 6) is 0.138. The molecule has 412 valence electrons. The molecule has 8 N–H and O–H groups in total. The lowest BCUT2D eigenvalue weighted by atomic mass is 9.96. The third-order valence-electron chi connectivity index (χ3n) is 13.4. The van der Waals surface area contributed by atoms with E-state index < -0.39 is 84.6 Å². The highest BCUT2D eigenvalue weighted by Gasteiger charge is 2.51. The number of rotatable bonds is 32. The highest BCUT2D eigenvalue weighted by molar-refractivity contribution is 8.00. The first kappa shape index (κ1) is 59.3. The number of unbranched alkanes of at least 4 members (excludes halogenated alkanes) is 12. The molecule has 75 heavy (non-hydrogen) atoms. The van der Waals surface area contributed by atoms with Gasteiger partial charge in [0.15, 0.2) is 0 Å². The Morgan fingerprint density at radius 2 is 0.827 bits per heavy atom. The Balaban J connectivity index is 1.14. The van der Waals surface area contributed by atoms with Crippen molar-refractivity contribution >= 4 is 23.6 Å². The van der Waals surface area contributed by atoms with Crippen molar-refractivity contribution in [2.24, 2.45) is 0 Å². The summed E-state index contributed by atoms with van der Waals surface area (Å²) >= 11 is 0.737. The summed E-state index contributed by atoms with van der Waals surface area (Å²) < 4.78 is 36.4. The molecule has 2 amide bonds. The van der Waals surface area contributed by atoms with Gasteiger partial charge in [0.1, 0.15) is 83.7 Å². The van der Waals surface area contributed by atoms with E-state index >= 15 is 0 Å². The summed E-state index contributed by atoms with van der Waals surface area (Å²) in [5, 5.41) is 72.6. The van der Waals surface area contributed by atoms with Crippen LogP contribution in [0.15, 0.2) is 97.1 Å². The highest BCUT2D eigenvalue weighted by atomic mass is 32.2. The van der Waals surface area contributed by atoms with Crippen LogP contribution in [0.4, 0.5) is 0 Å². The molecule has 2 aliphatic heterocycles. The van der Waals surface area contributed by atoms with Gasteiger partial charge in [-0.3, -0.25) is 9.59 Å². The molecule has 0 saturated carbocycles. The molecule has 0 unspecified atom stereocenters. The number of thioether (sulfide) groups is 1. The van der Waals surface area contributed by atoms with Crippen molar-refractivity contribution in [2.75, 3.05) is 26.4 Å². The summed E-state index contributed by atoms with van der Waals surface area (Å²) in [5.41, 5.74) is -0.664. The predicted molar refractivity (Wildman–Crippen MR) is 287 cm³/mol. The Morgan fingerprint density at radius 1 is 0.480 bits per heavy atom. The number of aliphatic hydroxyl groups excluding tert-OH is 6. The maximum Gasteiger partial charge on any atom is 0.251 e. The van der Waals surface area contributed by atoms with Crippen LogP contribution < -0.4 is 29.6 Å². The average Bonchev–Trinajstić information content (AvgIpc) is 3.43. The molecule has 0 radical (unpaired) electrons. The molecular formula is C58H80N2O14S. The number of nitrogens with one attached hydrogen (secondary N) is 2. The van der Waals surface area contributed by atoms with Crippen molar-refractivity contribution < 1.29 is 68.6 Å². The van der Waals surface area contributed by atoms with E-state index in [0.717, 1.165) is 61.4 Å². The minimum atomic E-state index is -1.66. The minimum Gasteiger partial charge on any atom is -0.493 e. The van der Waals surface area contributed by atoms with Crippen LogP contribution in [0, 0.1) is 0 Å². The maximum atomic E-state index is 14.1. The lowest BCUT2D eigenvalue weighted by molar-refractivity contribution is -0.175. The van der Waals surface area contributed by atoms with Crippen LogP contribution in [-0.4, -0.2) is 128 Å². The number of benzene rings is 4. The van der Waals surface area contributed by atoms with Crippen molar-refractivity contribution in [3.05, 3.63) is 119 Å². The molecule has 4 aromatic rings. The van der Waals surface area contributed by atoms with Crippen molar-refractivity contribution in [3.8, 4) is 23.0 Å². The largest absolute Gasteiger partial charge is 0.493 e. The first-order valence-corrected chi connectivity index (χ1v) is 27.9. The van der Waals surface area contributed by atoms with Gasteiger partial charge in [-0.15, -0.1) is 0 Å². The Labute approximate surface area is 446 Å². The fourth-order valence-electron chi connectivity index (χ4n) is 9.06. The number of ether oxygens (including phenoxy) is 6. The molecule has 0 spiro atoms. The summed E-state index contributed by atoms with van der Waals surface area (Å²) in [7, 11) is 0. The van der Waals surface area contributed by atoms with Gasteiger partial charge in [-0.05, 0) is 48.2 Å². The van der Waals surface area contributed by atoms with Crippen LogP contribution >= 0.6 is 11.8 Å². The second-order valence-corrected chi connectivity index (χ2v) is 20.6. The van der Waals surface area contributed by atoms with Gasteiger partial charge >= 0.3 is 0 Å². The van der Waals surface area contributed by atoms with Crippen molar-refractivity contribution in [1.29, 1.82) is 0 Å². The SMILES string of the molecule is CCCCCCCCCOc1cc(OCc2ccccc2)cc(C(=O)N[C@H]2[C@@H](O)[C@@H](CO)O[C@@H](S[C@@H]3O[C@H](CO)[C@H](O)[C@H](NC(=O)c4cc(OCCCCCCCCC)cc(OCc5ccccc5)c4)[C@H]3O)[C@@H]2O)c1. The quantitative estimate of drug-likeness (QED) is 0.0220. The number of aliphatic hydroxyl groups is 6. The Morgan fingerprint density at radius 3 is 1.19 bits per heavy atom. The molecule has 6 rings (SSSR count). The lowest BCUT2D eigenvalue weighted by Gasteiger charge is -2.46. The van der Waals surface area contributed by atoms with Crippen LogP contribution in [0.5, 0.6) is 23.0 Å². The number of amides is 2. The normalized spacial score (nSPS) is 23.5. The third kappa shape index (κ3) is 18.6. The molecule has 0 aromatic heterocycles. The van der Waals surface area contributed by atoms with E-state index in [1.54, 1.807) is 24.3 Å². The summed E-state index contributed by atoms with van der Waals surface area (Å²) in [4.78, 5) is 28.3. The first-order valence-electron chi connectivity index (χ1n) is 26.9. The number of carbonyl (C=O) groups is 2. The molecule has 2 heterocycles. The van der Waals surface area contributed by atoms with Gasteiger partial charge in [-0.25, -0.2) is 0 Å². The maximum absolute atomic E-state index is 14.1. The van der Waals surface area contributed by atoms with Crippen molar-refractivity contribution in [1.82, 2.24) is 10.6 Å². The van der Waals surface area contributed by atoms with Gasteiger partial charge in [0.05, 0.1) is 38.5 Å². The summed E-state index contributed by atoms with van der Waals surface area (Å²) in [6.07, 6.45) is 6.25. The van der Waals surface area contributed by atoms with Gasteiger partial charge in [0.25, 0.3) is 11.8 Å². The predicted octanol–water partition coefficient (Wildman–Crippen LogP) is 7.61. The van der Waals surface area contributed by atoms with Crippen LogP contribution in [-0.2, 0) is 22.7 Å². The zero-order valence-corrected chi connectivity index (χ0v) is 44.3. The fraction of sp³-hybridized carbons (Fsp3) is 0.552.